The molecule has 0 unspecified atom stereocenters. The van der Waals surface area contributed by atoms with Gasteiger partial charge in [0.1, 0.15) is 11.6 Å². The van der Waals surface area contributed by atoms with Crippen molar-refractivity contribution in [3.05, 3.63) is 95.3 Å². The molecule has 9 heteroatoms. The summed E-state index contributed by atoms with van der Waals surface area (Å²) in [6.07, 6.45) is 0.897. The third kappa shape index (κ3) is 5.78. The Morgan fingerprint density at radius 2 is 1.57 bits per heavy atom. The summed E-state index contributed by atoms with van der Waals surface area (Å²) < 4.78 is 27.7. The average molecular weight is 536 g/mol. The van der Waals surface area contributed by atoms with E-state index in [-0.39, 0.29) is 10.9 Å². The number of anilines is 1. The maximum atomic E-state index is 13.1. The van der Waals surface area contributed by atoms with Gasteiger partial charge in [0.2, 0.25) is 10.0 Å². The Labute approximate surface area is 223 Å². The predicted octanol–water partition coefficient (Wildman–Crippen LogP) is 5.01. The molecule has 4 aromatic rings. The molecule has 1 aliphatic rings. The molecular weight excluding hydrogens is 506 g/mol. The van der Waals surface area contributed by atoms with Gasteiger partial charge in [0, 0.05) is 43.1 Å². The monoisotopic (exact) mass is 535 g/mol. The summed E-state index contributed by atoms with van der Waals surface area (Å²) in [5, 5.41) is 5.02. The van der Waals surface area contributed by atoms with E-state index in [4.69, 9.17) is 21.6 Å². The lowest BCUT2D eigenvalue weighted by Gasteiger charge is -2.36. The molecule has 1 fully saturated rings. The van der Waals surface area contributed by atoms with Gasteiger partial charge in [0.15, 0.2) is 0 Å². The lowest BCUT2D eigenvalue weighted by Crippen LogP contribution is -2.49. The minimum absolute atomic E-state index is 0.0559. The van der Waals surface area contributed by atoms with Crippen LogP contribution in [0.15, 0.2) is 83.8 Å². The minimum atomic E-state index is -3.55. The van der Waals surface area contributed by atoms with Crippen LogP contribution in [0.5, 0.6) is 0 Å². The fourth-order valence-electron chi connectivity index (χ4n) is 4.64. The van der Waals surface area contributed by atoms with Gasteiger partial charge in [-0.25, -0.2) is 18.4 Å². The fraction of sp³-hybridized carbons (Fsp3) is 0.286. The minimum Gasteiger partial charge on any atom is -0.369 e. The van der Waals surface area contributed by atoms with Crippen molar-refractivity contribution in [2.45, 2.75) is 24.3 Å². The number of piperazine rings is 1. The molecule has 1 atom stereocenters. The molecule has 0 aliphatic carbocycles. The van der Waals surface area contributed by atoms with Crippen molar-refractivity contribution in [3.63, 3.8) is 0 Å². The maximum absolute atomic E-state index is 13.1. The number of nitrogens with zero attached hydrogens (tertiary/aromatic N) is 4. The van der Waals surface area contributed by atoms with Crippen LogP contribution in [0.1, 0.15) is 24.4 Å². The summed E-state index contributed by atoms with van der Waals surface area (Å²) >= 11 is 5.93. The van der Waals surface area contributed by atoms with Crippen LogP contribution in [0, 0.1) is 0 Å². The standard InChI is InChI=1S/C28H30ClN5O2S/c1-21(33-17-19-34(20-18-33)37(35,36)24-13-11-23(29)12-14-24)27-31-26-10-6-5-9-25(26)28(32-27)30-16-15-22-7-3-2-4-8-22/h2-14,21H,15-20H2,1H3,(H,30,31,32)/t21-/m0/s1. The van der Waals surface area contributed by atoms with E-state index in [1.807, 2.05) is 30.3 Å². The second kappa shape index (κ2) is 11.1. The number of hydrogen-bond donors (Lipinski definition) is 1. The van der Waals surface area contributed by atoms with E-state index in [1.165, 1.54) is 9.87 Å². The van der Waals surface area contributed by atoms with Gasteiger partial charge in [-0.3, -0.25) is 4.90 Å². The Balaban J connectivity index is 1.29. The van der Waals surface area contributed by atoms with Crippen molar-refractivity contribution in [1.29, 1.82) is 0 Å². The topological polar surface area (TPSA) is 78.4 Å². The first-order valence-electron chi connectivity index (χ1n) is 12.5. The number of halogens is 1. The highest BCUT2D eigenvalue weighted by Gasteiger charge is 2.31. The lowest BCUT2D eigenvalue weighted by atomic mass is 10.1. The Kier molecular flexibility index (Phi) is 7.71. The van der Waals surface area contributed by atoms with Crippen molar-refractivity contribution in [1.82, 2.24) is 19.2 Å². The fourth-order valence-corrected chi connectivity index (χ4v) is 6.18. The first-order chi connectivity index (χ1) is 17.9. The molecule has 0 saturated carbocycles. The molecule has 3 aromatic carbocycles. The highest BCUT2D eigenvalue weighted by atomic mass is 35.5. The van der Waals surface area contributed by atoms with E-state index >= 15 is 0 Å². The molecule has 0 amide bonds. The summed E-state index contributed by atoms with van der Waals surface area (Å²) in [6.45, 7) is 4.86. The van der Waals surface area contributed by atoms with E-state index in [0.29, 0.717) is 31.2 Å². The molecular formula is C28H30ClN5O2S. The van der Waals surface area contributed by atoms with E-state index in [2.05, 4.69) is 41.4 Å². The van der Waals surface area contributed by atoms with Crippen LogP contribution < -0.4 is 5.32 Å². The number of fused-ring (bicyclic) bond motifs is 1. The molecule has 2 heterocycles. The van der Waals surface area contributed by atoms with Crippen molar-refractivity contribution in [2.75, 3.05) is 38.0 Å². The van der Waals surface area contributed by atoms with E-state index in [0.717, 1.165) is 35.5 Å². The number of hydrogen-bond acceptors (Lipinski definition) is 6. The van der Waals surface area contributed by atoms with Gasteiger partial charge < -0.3 is 5.32 Å². The molecule has 37 heavy (non-hydrogen) atoms. The molecule has 0 bridgehead atoms. The second-order valence-electron chi connectivity index (χ2n) is 9.18. The molecule has 5 rings (SSSR count). The maximum Gasteiger partial charge on any atom is 0.243 e. The normalized spacial score (nSPS) is 16.1. The molecule has 0 spiro atoms. The number of aromatic nitrogens is 2. The summed E-state index contributed by atoms with van der Waals surface area (Å²) in [5.41, 5.74) is 2.17. The van der Waals surface area contributed by atoms with Crippen LogP contribution in [0.2, 0.25) is 5.02 Å². The summed E-state index contributed by atoms with van der Waals surface area (Å²) in [4.78, 5) is 12.3. The summed E-state index contributed by atoms with van der Waals surface area (Å²) in [7, 11) is -3.55. The number of sulfonamides is 1. The first kappa shape index (κ1) is 25.6. The Hall–Kier alpha value is -3.04. The van der Waals surface area contributed by atoms with Crippen LogP contribution in [-0.4, -0.2) is 60.3 Å². The zero-order chi connectivity index (χ0) is 25.8. The van der Waals surface area contributed by atoms with E-state index in [1.54, 1.807) is 24.3 Å². The lowest BCUT2D eigenvalue weighted by molar-refractivity contribution is 0.141. The van der Waals surface area contributed by atoms with Crippen LogP contribution in [-0.2, 0) is 16.4 Å². The van der Waals surface area contributed by atoms with Crippen LogP contribution >= 0.6 is 11.6 Å². The highest BCUT2D eigenvalue weighted by molar-refractivity contribution is 7.89. The predicted molar refractivity (Wildman–Crippen MR) is 148 cm³/mol. The SMILES string of the molecule is C[C@@H](c1nc(NCCc2ccccc2)c2ccccc2n1)N1CCN(S(=O)(=O)c2ccc(Cl)cc2)CC1. The third-order valence-electron chi connectivity index (χ3n) is 6.82. The number of benzene rings is 3. The third-order valence-corrected chi connectivity index (χ3v) is 8.98. The summed E-state index contributed by atoms with van der Waals surface area (Å²) in [5.74, 6) is 1.56. The highest BCUT2D eigenvalue weighted by Crippen LogP contribution is 2.27. The Bertz CT molecular complexity index is 1460. The van der Waals surface area contributed by atoms with E-state index < -0.39 is 10.0 Å². The number of para-hydroxylation sites is 1. The van der Waals surface area contributed by atoms with Crippen molar-refractivity contribution >= 4 is 38.3 Å². The van der Waals surface area contributed by atoms with Gasteiger partial charge in [0.25, 0.3) is 0 Å². The van der Waals surface area contributed by atoms with E-state index in [9.17, 15) is 8.42 Å². The average Bonchev–Trinajstić information content (AvgIpc) is 2.93. The first-order valence-corrected chi connectivity index (χ1v) is 14.3. The second-order valence-corrected chi connectivity index (χ2v) is 11.6. The molecule has 1 N–H and O–H groups in total. The molecule has 1 saturated heterocycles. The number of rotatable bonds is 8. The summed E-state index contributed by atoms with van der Waals surface area (Å²) in [6, 6.07) is 24.7. The zero-order valence-electron chi connectivity index (χ0n) is 20.7. The molecule has 192 valence electrons. The molecule has 0 radical (unpaired) electrons. The van der Waals surface area contributed by atoms with Crippen LogP contribution in [0.25, 0.3) is 10.9 Å². The number of nitrogens with one attached hydrogen (secondary N) is 1. The van der Waals surface area contributed by atoms with Crippen molar-refractivity contribution in [3.8, 4) is 0 Å². The smallest absolute Gasteiger partial charge is 0.243 e. The van der Waals surface area contributed by atoms with Gasteiger partial charge in [0.05, 0.1) is 16.5 Å². The van der Waals surface area contributed by atoms with Crippen molar-refractivity contribution in [2.24, 2.45) is 0 Å². The Morgan fingerprint density at radius 1 is 0.892 bits per heavy atom. The van der Waals surface area contributed by atoms with Gasteiger partial charge in [-0.2, -0.15) is 4.31 Å². The molecule has 1 aliphatic heterocycles. The molecule has 1 aromatic heterocycles. The van der Waals surface area contributed by atoms with Gasteiger partial charge >= 0.3 is 0 Å². The van der Waals surface area contributed by atoms with Gasteiger partial charge in [-0.1, -0.05) is 54.1 Å². The van der Waals surface area contributed by atoms with Crippen LogP contribution in [0.3, 0.4) is 0 Å². The van der Waals surface area contributed by atoms with Crippen molar-refractivity contribution < 1.29 is 8.42 Å². The quantitative estimate of drug-likeness (QED) is 0.342. The largest absolute Gasteiger partial charge is 0.369 e. The van der Waals surface area contributed by atoms with Gasteiger partial charge in [-0.15, -0.1) is 0 Å². The van der Waals surface area contributed by atoms with Gasteiger partial charge in [-0.05, 0) is 55.3 Å². The zero-order valence-corrected chi connectivity index (χ0v) is 22.3. The molecule has 7 nitrogen and oxygen atoms in total. The van der Waals surface area contributed by atoms with Crippen LogP contribution in [0.4, 0.5) is 5.82 Å². The Morgan fingerprint density at radius 3 is 2.30 bits per heavy atom.